The largest absolute Gasteiger partial charge is 0.395 e. The average Bonchev–Trinajstić information content (AvgIpc) is 2.85. The van der Waals surface area contributed by atoms with Crippen LogP contribution in [0.4, 0.5) is 0 Å². The lowest BCUT2D eigenvalue weighted by Crippen LogP contribution is -2.35. The van der Waals surface area contributed by atoms with E-state index in [4.69, 9.17) is 5.26 Å². The van der Waals surface area contributed by atoms with Gasteiger partial charge in [0, 0.05) is 12.1 Å². The van der Waals surface area contributed by atoms with Crippen molar-refractivity contribution < 1.29 is 5.11 Å². The Hall–Kier alpha value is -1.37. The van der Waals surface area contributed by atoms with Gasteiger partial charge in [0.25, 0.3) is 0 Å². The molecule has 0 aromatic heterocycles. The Balaban J connectivity index is 2.20. The lowest BCUT2D eigenvalue weighted by Gasteiger charge is -2.31. The van der Waals surface area contributed by atoms with Crippen molar-refractivity contribution in [1.29, 1.82) is 5.26 Å². The molecule has 0 aliphatic carbocycles. The third-order valence-corrected chi connectivity index (χ3v) is 3.50. The molecule has 1 aliphatic rings. The van der Waals surface area contributed by atoms with Crippen LogP contribution in [0.25, 0.3) is 0 Å². The molecule has 0 bridgehead atoms. The van der Waals surface area contributed by atoms with E-state index in [0.717, 1.165) is 19.4 Å². The van der Waals surface area contributed by atoms with Gasteiger partial charge in [-0.15, -0.1) is 0 Å². The van der Waals surface area contributed by atoms with Crippen molar-refractivity contribution in [2.45, 2.75) is 31.3 Å². The highest BCUT2D eigenvalue weighted by Gasteiger charge is 2.30. The molecule has 17 heavy (non-hydrogen) atoms. The summed E-state index contributed by atoms with van der Waals surface area (Å²) in [5, 5.41) is 18.4. The molecule has 0 amide bonds. The number of nitrogens with zero attached hydrogens (tertiary/aromatic N) is 2. The van der Waals surface area contributed by atoms with Crippen molar-refractivity contribution in [1.82, 2.24) is 4.90 Å². The second kappa shape index (κ2) is 5.81. The Morgan fingerprint density at radius 3 is 2.82 bits per heavy atom. The summed E-state index contributed by atoms with van der Waals surface area (Å²) in [5.74, 6) is 0. The SMILES string of the molecule is N#CCC(c1ccccc1)N1CCC[C@@H]1CO. The summed E-state index contributed by atoms with van der Waals surface area (Å²) in [7, 11) is 0. The highest BCUT2D eigenvalue weighted by atomic mass is 16.3. The van der Waals surface area contributed by atoms with Gasteiger partial charge in [-0.3, -0.25) is 4.90 Å². The molecule has 1 aliphatic heterocycles. The molecule has 3 nitrogen and oxygen atoms in total. The van der Waals surface area contributed by atoms with Gasteiger partial charge in [0.1, 0.15) is 0 Å². The van der Waals surface area contributed by atoms with Crippen LogP contribution in [0.3, 0.4) is 0 Å². The van der Waals surface area contributed by atoms with Gasteiger partial charge in [0.15, 0.2) is 0 Å². The van der Waals surface area contributed by atoms with Crippen molar-refractivity contribution in [2.75, 3.05) is 13.2 Å². The molecule has 1 unspecified atom stereocenters. The van der Waals surface area contributed by atoms with E-state index in [1.54, 1.807) is 0 Å². The summed E-state index contributed by atoms with van der Waals surface area (Å²) in [5.41, 5.74) is 1.18. The highest BCUT2D eigenvalue weighted by Crippen LogP contribution is 2.31. The first-order valence-electron chi connectivity index (χ1n) is 6.15. The van der Waals surface area contributed by atoms with Crippen LogP contribution >= 0.6 is 0 Å². The Morgan fingerprint density at radius 1 is 1.41 bits per heavy atom. The number of rotatable bonds is 4. The van der Waals surface area contributed by atoms with Crippen LogP contribution in [0.5, 0.6) is 0 Å². The molecule has 0 radical (unpaired) electrons. The van der Waals surface area contributed by atoms with Crippen LogP contribution in [0.1, 0.15) is 30.9 Å². The van der Waals surface area contributed by atoms with E-state index in [-0.39, 0.29) is 18.7 Å². The average molecular weight is 230 g/mol. The third kappa shape index (κ3) is 2.66. The summed E-state index contributed by atoms with van der Waals surface area (Å²) < 4.78 is 0. The van der Waals surface area contributed by atoms with Crippen molar-refractivity contribution in [3.05, 3.63) is 35.9 Å². The fourth-order valence-corrected chi connectivity index (χ4v) is 2.65. The number of aliphatic hydroxyl groups is 1. The van der Waals surface area contributed by atoms with E-state index in [1.165, 1.54) is 5.56 Å². The van der Waals surface area contributed by atoms with Crippen LogP contribution in [0.15, 0.2) is 30.3 Å². The molecule has 1 fully saturated rings. The van der Waals surface area contributed by atoms with Gasteiger partial charge in [-0.2, -0.15) is 5.26 Å². The Kier molecular flexibility index (Phi) is 4.13. The maximum Gasteiger partial charge on any atom is 0.0641 e. The number of benzene rings is 1. The van der Waals surface area contributed by atoms with E-state index in [9.17, 15) is 5.11 Å². The molecule has 0 saturated carbocycles. The molecule has 1 saturated heterocycles. The van der Waals surface area contributed by atoms with Crippen LogP contribution in [0, 0.1) is 11.3 Å². The first-order valence-corrected chi connectivity index (χ1v) is 6.15. The van der Waals surface area contributed by atoms with Gasteiger partial charge < -0.3 is 5.11 Å². The zero-order valence-corrected chi connectivity index (χ0v) is 9.92. The second-order valence-corrected chi connectivity index (χ2v) is 4.51. The monoisotopic (exact) mass is 230 g/mol. The van der Waals surface area contributed by atoms with E-state index in [0.29, 0.717) is 6.42 Å². The molecule has 1 aromatic rings. The normalized spacial score (nSPS) is 22.2. The lowest BCUT2D eigenvalue weighted by molar-refractivity contribution is 0.120. The number of likely N-dealkylation sites (tertiary alicyclic amines) is 1. The minimum atomic E-state index is 0.126. The summed E-state index contributed by atoms with van der Waals surface area (Å²) in [6.45, 7) is 1.17. The molecule has 1 aromatic carbocycles. The standard InChI is InChI=1S/C14H18N2O/c15-9-8-14(12-5-2-1-3-6-12)16-10-4-7-13(16)11-17/h1-3,5-6,13-14,17H,4,7-8,10-11H2/t13-,14?/m1/s1. The topological polar surface area (TPSA) is 47.3 Å². The smallest absolute Gasteiger partial charge is 0.0641 e. The van der Waals surface area contributed by atoms with Crippen LogP contribution in [0.2, 0.25) is 0 Å². The molecular weight excluding hydrogens is 212 g/mol. The fraction of sp³-hybridized carbons (Fsp3) is 0.500. The van der Waals surface area contributed by atoms with Crippen molar-refractivity contribution in [3.8, 4) is 6.07 Å². The predicted octanol–water partition coefficient (Wildman–Crippen LogP) is 2.10. The molecular formula is C14H18N2O. The van der Waals surface area contributed by atoms with Gasteiger partial charge >= 0.3 is 0 Å². The number of hydrogen-bond acceptors (Lipinski definition) is 3. The second-order valence-electron chi connectivity index (χ2n) is 4.51. The summed E-state index contributed by atoms with van der Waals surface area (Å²) in [4.78, 5) is 2.28. The third-order valence-electron chi connectivity index (χ3n) is 3.50. The van der Waals surface area contributed by atoms with Crippen LogP contribution in [-0.4, -0.2) is 29.2 Å². The molecule has 90 valence electrons. The van der Waals surface area contributed by atoms with Gasteiger partial charge in [-0.05, 0) is 24.9 Å². The zero-order chi connectivity index (χ0) is 12.1. The quantitative estimate of drug-likeness (QED) is 0.861. The van der Waals surface area contributed by atoms with E-state index in [1.807, 2.05) is 18.2 Å². The molecule has 1 heterocycles. The summed E-state index contributed by atoms with van der Waals surface area (Å²) >= 11 is 0. The minimum Gasteiger partial charge on any atom is -0.395 e. The number of aliphatic hydroxyl groups excluding tert-OH is 1. The van der Waals surface area contributed by atoms with Gasteiger partial charge in [0.2, 0.25) is 0 Å². The zero-order valence-electron chi connectivity index (χ0n) is 9.92. The van der Waals surface area contributed by atoms with Crippen molar-refractivity contribution in [3.63, 3.8) is 0 Å². The van der Waals surface area contributed by atoms with Gasteiger partial charge in [-0.1, -0.05) is 30.3 Å². The Labute approximate surface area is 102 Å². The van der Waals surface area contributed by atoms with E-state index in [2.05, 4.69) is 23.1 Å². The molecule has 1 N–H and O–H groups in total. The van der Waals surface area contributed by atoms with Gasteiger partial charge in [0.05, 0.1) is 19.1 Å². The van der Waals surface area contributed by atoms with E-state index < -0.39 is 0 Å². The van der Waals surface area contributed by atoms with Gasteiger partial charge in [-0.25, -0.2) is 0 Å². The fourth-order valence-electron chi connectivity index (χ4n) is 2.65. The summed E-state index contributed by atoms with van der Waals surface area (Å²) in [6, 6.07) is 12.7. The first-order chi connectivity index (χ1) is 8.36. The highest BCUT2D eigenvalue weighted by molar-refractivity contribution is 5.20. The minimum absolute atomic E-state index is 0.126. The van der Waals surface area contributed by atoms with E-state index >= 15 is 0 Å². The van der Waals surface area contributed by atoms with Crippen LogP contribution < -0.4 is 0 Å². The maximum absolute atomic E-state index is 9.38. The first kappa shape index (κ1) is 12.1. The lowest BCUT2D eigenvalue weighted by atomic mass is 10.0. The van der Waals surface area contributed by atoms with Crippen molar-refractivity contribution in [2.24, 2.45) is 0 Å². The molecule has 3 heteroatoms. The maximum atomic E-state index is 9.38. The molecule has 2 atom stereocenters. The summed E-state index contributed by atoms with van der Waals surface area (Å²) in [6.07, 6.45) is 2.63. The predicted molar refractivity (Wildman–Crippen MR) is 66.2 cm³/mol. The number of hydrogen-bond donors (Lipinski definition) is 1. The van der Waals surface area contributed by atoms with Crippen LogP contribution in [-0.2, 0) is 0 Å². The Bertz CT molecular complexity index is 385. The molecule has 2 rings (SSSR count). The number of nitriles is 1. The Morgan fingerprint density at radius 2 is 2.18 bits per heavy atom. The molecule has 0 spiro atoms. The van der Waals surface area contributed by atoms with Crippen molar-refractivity contribution >= 4 is 0 Å².